The summed E-state index contributed by atoms with van der Waals surface area (Å²) in [6.45, 7) is 16.0. The largest absolute Gasteiger partial charge is 0.381 e. The summed E-state index contributed by atoms with van der Waals surface area (Å²) in [6, 6.07) is -0.135. The number of rotatable bonds is 12. The van der Waals surface area contributed by atoms with Gasteiger partial charge in [-0.15, -0.1) is 0 Å². The van der Waals surface area contributed by atoms with E-state index >= 15 is 0 Å². The Labute approximate surface area is 160 Å². The van der Waals surface area contributed by atoms with E-state index in [1.54, 1.807) is 4.90 Å². The van der Waals surface area contributed by atoms with Crippen molar-refractivity contribution in [2.75, 3.05) is 32.8 Å². The molecule has 5 heteroatoms. The van der Waals surface area contributed by atoms with Gasteiger partial charge in [0.25, 0.3) is 0 Å². The third-order valence-electron chi connectivity index (χ3n) is 4.95. The molecule has 1 aliphatic rings. The van der Waals surface area contributed by atoms with E-state index in [9.17, 15) is 9.59 Å². The second-order valence-corrected chi connectivity index (χ2v) is 9.53. The molecular weight excluding hydrogens is 328 g/mol. The first-order valence-electron chi connectivity index (χ1n) is 10.2. The molecule has 1 saturated heterocycles. The van der Waals surface area contributed by atoms with Gasteiger partial charge in [0.2, 0.25) is 5.91 Å². The number of nitrogens with zero attached hydrogens (tertiary/aromatic N) is 2. The topological polar surface area (TPSA) is 49.9 Å². The maximum Gasteiger partial charge on any atom is 0.327 e. The molecule has 0 spiro atoms. The lowest BCUT2D eigenvalue weighted by molar-refractivity contribution is -0.126. The van der Waals surface area contributed by atoms with Gasteiger partial charge in [0, 0.05) is 26.3 Å². The predicted molar refractivity (Wildman–Crippen MR) is 106 cm³/mol. The molecule has 0 atom stereocenters. The molecule has 26 heavy (non-hydrogen) atoms. The third-order valence-corrected chi connectivity index (χ3v) is 4.95. The minimum atomic E-state index is -0.135. The number of amides is 3. The Morgan fingerprint density at radius 3 is 2.00 bits per heavy atom. The summed E-state index contributed by atoms with van der Waals surface area (Å²) in [5, 5.41) is 0. The fourth-order valence-corrected chi connectivity index (χ4v) is 3.27. The summed E-state index contributed by atoms with van der Waals surface area (Å²) in [5.41, 5.74) is 0.361. The average Bonchev–Trinajstić information content (AvgIpc) is 2.79. The lowest BCUT2D eigenvalue weighted by Gasteiger charge is -2.29. The molecule has 5 nitrogen and oxygen atoms in total. The van der Waals surface area contributed by atoms with E-state index in [1.165, 1.54) is 17.7 Å². The number of unbranched alkanes of at least 4 members (excludes halogenated alkanes) is 2. The van der Waals surface area contributed by atoms with Crippen molar-refractivity contribution >= 4 is 11.9 Å². The van der Waals surface area contributed by atoms with Crippen LogP contribution in [0.1, 0.15) is 80.1 Å². The molecule has 152 valence electrons. The second kappa shape index (κ2) is 10.3. The molecule has 0 saturated carbocycles. The normalized spacial score (nSPS) is 16.1. The maximum absolute atomic E-state index is 12.2. The first-order valence-corrected chi connectivity index (χ1v) is 10.2. The molecule has 1 fully saturated rings. The van der Waals surface area contributed by atoms with Crippen LogP contribution in [0.3, 0.4) is 0 Å². The summed E-state index contributed by atoms with van der Waals surface area (Å²) in [4.78, 5) is 27.3. The van der Waals surface area contributed by atoms with E-state index < -0.39 is 0 Å². The molecular formula is C21H40N2O3. The molecule has 0 radical (unpaired) electrons. The first kappa shape index (κ1) is 22.9. The Balaban J connectivity index is 2.14. The van der Waals surface area contributed by atoms with Crippen molar-refractivity contribution < 1.29 is 14.3 Å². The number of ether oxygens (including phenoxy) is 1. The minimum Gasteiger partial charge on any atom is -0.381 e. The molecule has 0 aromatic carbocycles. The Kier molecular flexibility index (Phi) is 9.08. The van der Waals surface area contributed by atoms with Gasteiger partial charge in [0.05, 0.1) is 0 Å². The van der Waals surface area contributed by atoms with Crippen molar-refractivity contribution in [1.29, 1.82) is 0 Å². The highest BCUT2D eigenvalue weighted by Gasteiger charge is 2.37. The van der Waals surface area contributed by atoms with Gasteiger partial charge in [-0.3, -0.25) is 9.69 Å². The van der Waals surface area contributed by atoms with Crippen LogP contribution in [0, 0.1) is 10.8 Å². The van der Waals surface area contributed by atoms with Gasteiger partial charge in [0.1, 0.15) is 6.54 Å². The highest BCUT2D eigenvalue weighted by molar-refractivity contribution is 6.02. The summed E-state index contributed by atoms with van der Waals surface area (Å²) < 4.78 is 5.73. The van der Waals surface area contributed by atoms with Gasteiger partial charge in [-0.2, -0.15) is 0 Å². The van der Waals surface area contributed by atoms with Crippen molar-refractivity contribution in [2.24, 2.45) is 10.8 Å². The van der Waals surface area contributed by atoms with Crippen LogP contribution in [-0.2, 0) is 9.53 Å². The second-order valence-electron chi connectivity index (χ2n) is 9.53. The average molecular weight is 369 g/mol. The molecule has 0 N–H and O–H groups in total. The quantitative estimate of drug-likeness (QED) is 0.370. The van der Waals surface area contributed by atoms with E-state index in [1.807, 2.05) is 6.92 Å². The highest BCUT2D eigenvalue weighted by atomic mass is 16.5. The van der Waals surface area contributed by atoms with Crippen LogP contribution in [0.25, 0.3) is 0 Å². The molecule has 0 bridgehead atoms. The van der Waals surface area contributed by atoms with Crippen molar-refractivity contribution in [3.05, 3.63) is 0 Å². The lowest BCUT2D eigenvalue weighted by atomic mass is 9.86. The first-order chi connectivity index (χ1) is 12.1. The number of carbonyl (C=O) groups excluding carboxylic acids is 2. The van der Waals surface area contributed by atoms with Crippen LogP contribution in [0.2, 0.25) is 0 Å². The Hall–Kier alpha value is -1.10. The molecule has 0 aliphatic carbocycles. The van der Waals surface area contributed by atoms with Gasteiger partial charge in [0.15, 0.2) is 0 Å². The highest BCUT2D eigenvalue weighted by Crippen LogP contribution is 2.27. The molecule has 1 aliphatic heterocycles. The monoisotopic (exact) mass is 368 g/mol. The van der Waals surface area contributed by atoms with Crippen LogP contribution in [-0.4, -0.2) is 54.6 Å². The zero-order valence-electron chi connectivity index (χ0n) is 17.9. The standard InChI is InChI=1S/C21H40N2O3/c1-7-22-16-18(24)23(19(22)25)17-21(5,6)13-9-11-15-26-14-10-8-12-20(2,3)4/h7-17H2,1-6H3. The van der Waals surface area contributed by atoms with Gasteiger partial charge in [-0.05, 0) is 43.4 Å². The summed E-state index contributed by atoms with van der Waals surface area (Å²) in [5.74, 6) is -0.0662. The Morgan fingerprint density at radius 2 is 1.50 bits per heavy atom. The lowest BCUT2D eigenvalue weighted by Crippen LogP contribution is -2.39. The number of likely N-dealkylation sites (N-methyl/N-ethyl adjacent to an activating group) is 1. The van der Waals surface area contributed by atoms with Gasteiger partial charge < -0.3 is 9.64 Å². The smallest absolute Gasteiger partial charge is 0.327 e. The van der Waals surface area contributed by atoms with E-state index in [0.717, 1.165) is 38.9 Å². The zero-order valence-corrected chi connectivity index (χ0v) is 17.9. The summed E-state index contributed by atoms with van der Waals surface area (Å²) >= 11 is 0. The van der Waals surface area contributed by atoms with Crippen LogP contribution >= 0.6 is 0 Å². The SMILES string of the molecule is CCN1CC(=O)N(CC(C)(C)CCCCOCCCCC(C)(C)C)C1=O. The Bertz CT molecular complexity index is 455. The number of imide groups is 1. The molecule has 1 rings (SSSR count). The van der Waals surface area contributed by atoms with Crippen LogP contribution in [0.15, 0.2) is 0 Å². The van der Waals surface area contributed by atoms with Crippen molar-refractivity contribution in [2.45, 2.75) is 80.1 Å². The number of hydrogen-bond donors (Lipinski definition) is 0. The van der Waals surface area contributed by atoms with E-state index in [4.69, 9.17) is 4.74 Å². The Morgan fingerprint density at radius 1 is 0.923 bits per heavy atom. The number of carbonyl (C=O) groups is 2. The van der Waals surface area contributed by atoms with Gasteiger partial charge in [-0.1, -0.05) is 47.5 Å². The fraction of sp³-hybridized carbons (Fsp3) is 0.905. The van der Waals surface area contributed by atoms with Crippen molar-refractivity contribution in [1.82, 2.24) is 9.80 Å². The van der Waals surface area contributed by atoms with E-state index in [-0.39, 0.29) is 23.9 Å². The molecule has 0 aromatic rings. The molecule has 3 amide bonds. The minimum absolute atomic E-state index is 0.0538. The molecule has 0 unspecified atom stereocenters. The summed E-state index contributed by atoms with van der Waals surface area (Å²) in [7, 11) is 0. The summed E-state index contributed by atoms with van der Waals surface area (Å²) in [6.07, 6.45) is 6.69. The number of urea groups is 1. The van der Waals surface area contributed by atoms with Crippen LogP contribution < -0.4 is 0 Å². The third kappa shape index (κ3) is 8.52. The van der Waals surface area contributed by atoms with Gasteiger partial charge in [-0.25, -0.2) is 4.79 Å². The fourth-order valence-electron chi connectivity index (χ4n) is 3.27. The van der Waals surface area contributed by atoms with Crippen molar-refractivity contribution in [3.63, 3.8) is 0 Å². The molecule has 1 heterocycles. The van der Waals surface area contributed by atoms with Crippen LogP contribution in [0.4, 0.5) is 4.79 Å². The van der Waals surface area contributed by atoms with Gasteiger partial charge >= 0.3 is 6.03 Å². The number of hydrogen-bond acceptors (Lipinski definition) is 3. The zero-order chi connectivity index (χ0) is 19.8. The van der Waals surface area contributed by atoms with E-state index in [2.05, 4.69) is 34.6 Å². The van der Waals surface area contributed by atoms with E-state index in [0.29, 0.717) is 18.5 Å². The molecule has 0 aromatic heterocycles. The predicted octanol–water partition coefficient (Wildman–Crippen LogP) is 4.70. The van der Waals surface area contributed by atoms with Crippen molar-refractivity contribution in [3.8, 4) is 0 Å². The maximum atomic E-state index is 12.2. The van der Waals surface area contributed by atoms with Crippen LogP contribution in [0.5, 0.6) is 0 Å².